The first-order chi connectivity index (χ1) is 13.7. The third-order valence-electron chi connectivity index (χ3n) is 3.50. The van der Waals surface area contributed by atoms with E-state index in [1.54, 1.807) is 18.2 Å². The van der Waals surface area contributed by atoms with Crippen molar-refractivity contribution in [2.24, 2.45) is 0 Å². The molecule has 150 valence electrons. The summed E-state index contributed by atoms with van der Waals surface area (Å²) < 4.78 is 46.5. The molecule has 1 amide bonds. The van der Waals surface area contributed by atoms with Crippen molar-refractivity contribution in [3.8, 4) is 17.2 Å². The van der Waals surface area contributed by atoms with Gasteiger partial charge in [0.15, 0.2) is 11.6 Å². The van der Waals surface area contributed by atoms with Gasteiger partial charge in [-0.2, -0.15) is 0 Å². The summed E-state index contributed by atoms with van der Waals surface area (Å²) in [5.74, 6) is -0.416. The number of amides is 1. The van der Waals surface area contributed by atoms with Gasteiger partial charge in [0.1, 0.15) is 11.5 Å². The fraction of sp³-hybridized carbons (Fsp3) is 0.0526. The molecule has 0 spiro atoms. The molecule has 0 atom stereocenters. The van der Waals surface area contributed by atoms with Crippen LogP contribution in [0.2, 0.25) is 5.02 Å². The van der Waals surface area contributed by atoms with Crippen LogP contribution in [0.4, 0.5) is 24.7 Å². The van der Waals surface area contributed by atoms with Crippen LogP contribution in [0.3, 0.4) is 0 Å². The van der Waals surface area contributed by atoms with Crippen LogP contribution in [0.15, 0.2) is 60.8 Å². The largest absolute Gasteiger partial charge is 0.573 e. The van der Waals surface area contributed by atoms with Crippen LogP contribution in [-0.4, -0.2) is 17.3 Å². The lowest BCUT2D eigenvalue weighted by Crippen LogP contribution is -2.18. The second kappa shape index (κ2) is 8.27. The van der Waals surface area contributed by atoms with Gasteiger partial charge >= 0.3 is 6.36 Å². The highest BCUT2D eigenvalue weighted by molar-refractivity contribution is 6.30. The van der Waals surface area contributed by atoms with Crippen molar-refractivity contribution in [1.29, 1.82) is 0 Å². The van der Waals surface area contributed by atoms with Crippen molar-refractivity contribution in [3.05, 3.63) is 71.4 Å². The number of nitrogens with two attached hydrogens (primary N) is 1. The number of carbonyl (C=O) groups is 1. The van der Waals surface area contributed by atoms with E-state index in [-0.39, 0.29) is 17.1 Å². The average molecular weight is 424 g/mol. The van der Waals surface area contributed by atoms with Crippen molar-refractivity contribution in [1.82, 2.24) is 4.98 Å². The molecule has 0 aliphatic rings. The van der Waals surface area contributed by atoms with E-state index in [1.165, 1.54) is 30.5 Å². The minimum atomic E-state index is -4.85. The number of nitrogen functional groups attached to an aromatic ring is 1. The zero-order valence-electron chi connectivity index (χ0n) is 14.5. The Morgan fingerprint density at radius 1 is 1.07 bits per heavy atom. The molecule has 0 aliphatic carbocycles. The number of rotatable bonds is 5. The van der Waals surface area contributed by atoms with E-state index in [2.05, 4.69) is 15.0 Å². The van der Waals surface area contributed by atoms with Gasteiger partial charge in [-0.05, 0) is 30.3 Å². The Morgan fingerprint density at radius 2 is 1.79 bits per heavy atom. The van der Waals surface area contributed by atoms with Gasteiger partial charge in [0.2, 0.25) is 0 Å². The van der Waals surface area contributed by atoms with Crippen LogP contribution < -0.4 is 20.5 Å². The van der Waals surface area contributed by atoms with Crippen LogP contribution >= 0.6 is 11.6 Å². The van der Waals surface area contributed by atoms with Gasteiger partial charge in [-0.1, -0.05) is 23.7 Å². The van der Waals surface area contributed by atoms with Crippen LogP contribution in [-0.2, 0) is 0 Å². The lowest BCUT2D eigenvalue weighted by Gasteiger charge is -2.11. The van der Waals surface area contributed by atoms with Gasteiger partial charge in [0.05, 0.1) is 5.02 Å². The summed E-state index contributed by atoms with van der Waals surface area (Å²) in [6, 6.07) is 12.5. The molecule has 6 nitrogen and oxygen atoms in total. The topological polar surface area (TPSA) is 86.5 Å². The molecule has 1 aromatic heterocycles. The van der Waals surface area contributed by atoms with Crippen LogP contribution in [0, 0.1) is 0 Å². The van der Waals surface area contributed by atoms with E-state index in [0.717, 1.165) is 12.1 Å². The monoisotopic (exact) mass is 423 g/mol. The highest BCUT2D eigenvalue weighted by Gasteiger charge is 2.31. The zero-order chi connectivity index (χ0) is 21.0. The third-order valence-corrected chi connectivity index (χ3v) is 3.70. The molecule has 0 fully saturated rings. The van der Waals surface area contributed by atoms with Crippen molar-refractivity contribution >= 4 is 29.0 Å². The number of hydrogen-bond donors (Lipinski definition) is 2. The van der Waals surface area contributed by atoms with Gasteiger partial charge in [0, 0.05) is 29.6 Å². The van der Waals surface area contributed by atoms with E-state index in [0.29, 0.717) is 16.5 Å². The van der Waals surface area contributed by atoms with Gasteiger partial charge in [0.25, 0.3) is 5.91 Å². The van der Waals surface area contributed by atoms with Crippen LogP contribution in [0.25, 0.3) is 0 Å². The van der Waals surface area contributed by atoms with Crippen molar-refractivity contribution in [2.75, 3.05) is 11.1 Å². The normalized spacial score (nSPS) is 11.0. The maximum atomic E-state index is 12.4. The lowest BCUT2D eigenvalue weighted by molar-refractivity contribution is -0.274. The van der Waals surface area contributed by atoms with Gasteiger partial charge in [-0.25, -0.2) is 4.98 Å². The predicted octanol–water partition coefficient (Wildman–Crippen LogP) is 5.26. The second-order valence-corrected chi connectivity index (χ2v) is 6.13. The molecule has 0 aliphatic heterocycles. The summed E-state index contributed by atoms with van der Waals surface area (Å²) in [7, 11) is 0. The number of benzene rings is 2. The Hall–Kier alpha value is -3.46. The molecule has 0 unspecified atom stereocenters. The van der Waals surface area contributed by atoms with E-state index in [1.807, 2.05) is 0 Å². The number of anilines is 2. The van der Waals surface area contributed by atoms with E-state index < -0.39 is 18.0 Å². The number of nitrogens with zero attached hydrogens (tertiary/aromatic N) is 1. The Labute approximate surface area is 168 Å². The first kappa shape index (κ1) is 20.3. The molecule has 29 heavy (non-hydrogen) atoms. The number of alkyl halides is 3. The van der Waals surface area contributed by atoms with Gasteiger partial charge in [-0.3, -0.25) is 4.79 Å². The van der Waals surface area contributed by atoms with Crippen molar-refractivity contribution in [3.63, 3.8) is 0 Å². The van der Waals surface area contributed by atoms with Gasteiger partial charge in [-0.15, -0.1) is 13.2 Å². The Kier molecular flexibility index (Phi) is 5.79. The summed E-state index contributed by atoms with van der Waals surface area (Å²) in [5, 5.41) is 2.90. The van der Waals surface area contributed by atoms with Crippen molar-refractivity contribution < 1.29 is 27.4 Å². The SMILES string of the molecule is Nc1ncc(Cl)cc1Oc1cccc(NC(=O)c2cccc(OC(F)(F)F)c2)c1. The molecule has 3 rings (SSSR count). The second-order valence-electron chi connectivity index (χ2n) is 5.70. The van der Waals surface area contributed by atoms with E-state index in [4.69, 9.17) is 22.1 Å². The standard InChI is InChI=1S/C19H13ClF3N3O3/c20-12-8-16(17(24)25-10-12)28-14-5-2-4-13(9-14)26-18(27)11-3-1-6-15(7-11)29-19(21,22)23/h1-10H,(H2,24,25)(H,26,27). The third kappa shape index (κ3) is 5.76. The molecular weight excluding hydrogens is 411 g/mol. The maximum absolute atomic E-state index is 12.4. The number of halogens is 4. The van der Waals surface area contributed by atoms with Gasteiger partial charge < -0.3 is 20.5 Å². The summed E-state index contributed by atoms with van der Waals surface area (Å²) in [4.78, 5) is 16.2. The molecule has 10 heteroatoms. The Bertz CT molecular complexity index is 1040. The zero-order valence-corrected chi connectivity index (χ0v) is 15.3. The molecule has 3 aromatic rings. The summed E-state index contributed by atoms with van der Waals surface area (Å²) in [5.41, 5.74) is 6.07. The quantitative estimate of drug-likeness (QED) is 0.584. The number of carbonyl (C=O) groups excluding carboxylic acids is 1. The highest BCUT2D eigenvalue weighted by atomic mass is 35.5. The number of nitrogens with one attached hydrogen (secondary N) is 1. The fourth-order valence-electron chi connectivity index (χ4n) is 2.32. The fourth-order valence-corrected chi connectivity index (χ4v) is 2.46. The average Bonchev–Trinajstić information content (AvgIpc) is 2.64. The van der Waals surface area contributed by atoms with Crippen LogP contribution in [0.5, 0.6) is 17.2 Å². The smallest absolute Gasteiger partial charge is 0.453 e. The summed E-state index contributed by atoms with van der Waals surface area (Å²) in [6.07, 6.45) is -3.48. The van der Waals surface area contributed by atoms with E-state index in [9.17, 15) is 18.0 Å². The minimum Gasteiger partial charge on any atom is -0.453 e. The van der Waals surface area contributed by atoms with Crippen molar-refractivity contribution in [2.45, 2.75) is 6.36 Å². The Morgan fingerprint density at radius 3 is 2.55 bits per heavy atom. The number of hydrogen-bond acceptors (Lipinski definition) is 5. The van der Waals surface area contributed by atoms with E-state index >= 15 is 0 Å². The lowest BCUT2D eigenvalue weighted by atomic mass is 10.2. The first-order valence-corrected chi connectivity index (χ1v) is 8.43. The molecule has 1 heterocycles. The number of pyridine rings is 1. The molecule has 0 bridgehead atoms. The maximum Gasteiger partial charge on any atom is 0.573 e. The molecule has 0 saturated carbocycles. The molecule has 0 saturated heterocycles. The molecule has 2 aromatic carbocycles. The molecule has 3 N–H and O–H groups in total. The number of ether oxygens (including phenoxy) is 2. The molecular formula is C19H13ClF3N3O3. The van der Waals surface area contributed by atoms with Crippen LogP contribution in [0.1, 0.15) is 10.4 Å². The minimum absolute atomic E-state index is 0.0126. The summed E-state index contributed by atoms with van der Waals surface area (Å²) in [6.45, 7) is 0. The summed E-state index contributed by atoms with van der Waals surface area (Å²) >= 11 is 5.87. The predicted molar refractivity (Wildman–Crippen MR) is 101 cm³/mol. The Balaban J connectivity index is 1.74. The first-order valence-electron chi connectivity index (χ1n) is 8.06. The number of aromatic nitrogens is 1. The highest BCUT2D eigenvalue weighted by Crippen LogP contribution is 2.30. The molecule has 0 radical (unpaired) electrons.